The van der Waals surface area contributed by atoms with Crippen LogP contribution in [0.25, 0.3) is 106 Å². The van der Waals surface area contributed by atoms with E-state index in [1.165, 1.54) is 0 Å². The molecule has 0 amide bonds. The molecule has 0 N–H and O–H groups in total. The van der Waals surface area contributed by atoms with Crippen molar-refractivity contribution in [2.75, 3.05) is 0 Å². The SMILES string of the molecule is [2H]c1c([2H])c([2H])c(-n2c3c([2H])c([2H])c([2H])c([2H])c3c3c(-c4nc(-c5cccc(-c6ccc(-c7ccccc7)cc6)c5)nc(-c5c([2H])c([2H])c6oc7c([2H])c([2H])c([2H])c([2H])c7c6c5[2H])n4)c([2H])c([2H])c([2H])c32)c([2H])c1[2H]. The van der Waals surface area contributed by atoms with Crippen molar-refractivity contribution in [3.8, 4) is 62.1 Å². The Hall–Kier alpha value is -7.63. The Bertz CT molecular complexity index is 4320. The lowest BCUT2D eigenvalue weighted by Gasteiger charge is -2.11. The van der Waals surface area contributed by atoms with Gasteiger partial charge in [0.2, 0.25) is 0 Å². The van der Waals surface area contributed by atoms with E-state index in [0.29, 0.717) is 5.56 Å². The summed E-state index contributed by atoms with van der Waals surface area (Å²) in [6.07, 6.45) is 0. The fraction of sp³-hybridized carbons (Fsp3) is 0. The first-order chi connectivity index (χ1) is 35.7. The van der Waals surface area contributed by atoms with E-state index in [-0.39, 0.29) is 33.1 Å². The van der Waals surface area contributed by atoms with Crippen molar-refractivity contribution in [1.29, 1.82) is 0 Å². The minimum atomic E-state index is -0.829. The van der Waals surface area contributed by atoms with Crippen LogP contribution in [0.5, 0.6) is 0 Å². The average molecular weight is 736 g/mol. The first-order valence-corrected chi connectivity index (χ1v) is 17.2. The summed E-state index contributed by atoms with van der Waals surface area (Å²) >= 11 is 0. The van der Waals surface area contributed by atoms with Gasteiger partial charge in [0.25, 0.3) is 0 Å². The van der Waals surface area contributed by atoms with Gasteiger partial charge >= 0.3 is 0 Å². The van der Waals surface area contributed by atoms with E-state index < -0.39 is 165 Å². The van der Waals surface area contributed by atoms with E-state index >= 15 is 0 Å². The van der Waals surface area contributed by atoms with Crippen LogP contribution in [0, 0.1) is 0 Å². The molecule has 0 saturated heterocycles. The van der Waals surface area contributed by atoms with Gasteiger partial charge in [-0.05, 0) is 76.7 Å². The molecule has 0 aliphatic heterocycles. The molecular formula is C51H32N4O. The van der Waals surface area contributed by atoms with Crippen molar-refractivity contribution in [3.63, 3.8) is 0 Å². The monoisotopic (exact) mass is 735 g/mol. The van der Waals surface area contributed by atoms with Crippen LogP contribution in [-0.2, 0) is 0 Å². The number of rotatable bonds is 6. The fourth-order valence-electron chi connectivity index (χ4n) is 6.79. The van der Waals surface area contributed by atoms with Gasteiger partial charge in [0.05, 0.1) is 37.1 Å². The van der Waals surface area contributed by atoms with Gasteiger partial charge in [-0.2, -0.15) is 0 Å². The molecule has 56 heavy (non-hydrogen) atoms. The third-order valence-electron chi connectivity index (χ3n) is 9.34. The zero-order chi connectivity index (χ0) is 53.5. The van der Waals surface area contributed by atoms with E-state index in [2.05, 4.69) is 0 Å². The quantitative estimate of drug-likeness (QED) is 0.171. The van der Waals surface area contributed by atoms with E-state index in [9.17, 15) is 9.60 Å². The van der Waals surface area contributed by atoms with Crippen LogP contribution in [0.3, 0.4) is 0 Å². The number of furan rings is 1. The molecule has 5 nitrogen and oxygen atoms in total. The van der Waals surface area contributed by atoms with Crippen molar-refractivity contribution in [2.45, 2.75) is 0 Å². The zero-order valence-electron chi connectivity index (χ0n) is 47.7. The van der Waals surface area contributed by atoms with Gasteiger partial charge in [-0.1, -0.05) is 139 Å². The number of nitrogens with zero attached hydrogens (tertiary/aromatic N) is 4. The summed E-state index contributed by atoms with van der Waals surface area (Å²) in [6, 6.07) is 10.4. The van der Waals surface area contributed by atoms with Crippen molar-refractivity contribution in [1.82, 2.24) is 19.5 Å². The predicted octanol–water partition coefficient (Wildman–Crippen LogP) is 13.2. The number of aromatic nitrogens is 4. The van der Waals surface area contributed by atoms with Gasteiger partial charge < -0.3 is 8.98 Å². The maximum absolute atomic E-state index is 9.63. The van der Waals surface area contributed by atoms with E-state index in [1.54, 1.807) is 18.2 Å². The molecule has 0 aliphatic carbocycles. The molecular weight excluding hydrogens is 685 g/mol. The van der Waals surface area contributed by atoms with Crippen molar-refractivity contribution in [3.05, 3.63) is 194 Å². The number of hydrogen-bond donors (Lipinski definition) is 0. The largest absolute Gasteiger partial charge is 0.456 e. The Labute approximate surface area is 349 Å². The molecule has 3 aromatic heterocycles. The van der Waals surface area contributed by atoms with Gasteiger partial charge in [0, 0.05) is 43.9 Å². The minimum absolute atomic E-state index is 0.188. The zero-order valence-corrected chi connectivity index (χ0v) is 28.7. The van der Waals surface area contributed by atoms with E-state index in [0.717, 1.165) is 21.3 Å². The molecule has 0 bridgehead atoms. The first kappa shape index (κ1) is 18.1. The summed E-state index contributed by atoms with van der Waals surface area (Å²) in [5.74, 6) is -1.21. The second-order valence-corrected chi connectivity index (χ2v) is 12.6. The second-order valence-electron chi connectivity index (χ2n) is 12.6. The lowest BCUT2D eigenvalue weighted by Crippen LogP contribution is -2.01. The molecule has 11 rings (SSSR count). The minimum Gasteiger partial charge on any atom is -0.456 e. The molecule has 3 heterocycles. The number of para-hydroxylation sites is 3. The number of benzene rings is 8. The van der Waals surface area contributed by atoms with Crippen LogP contribution in [0.2, 0.25) is 0 Å². The molecule has 0 spiro atoms. The molecule has 262 valence electrons. The number of fused-ring (bicyclic) bond motifs is 6. The third kappa shape index (κ3) is 5.37. The highest BCUT2D eigenvalue weighted by molar-refractivity contribution is 6.15. The maximum Gasteiger partial charge on any atom is 0.164 e. The Morgan fingerprint density at radius 1 is 0.429 bits per heavy atom. The Kier molecular flexibility index (Phi) is 4.22. The molecule has 5 heteroatoms. The van der Waals surface area contributed by atoms with Crippen LogP contribution in [0.1, 0.15) is 26.0 Å². The Morgan fingerprint density at radius 3 is 1.89 bits per heavy atom. The van der Waals surface area contributed by atoms with Crippen molar-refractivity contribution in [2.24, 2.45) is 0 Å². The number of hydrogen-bond acceptors (Lipinski definition) is 4. The van der Waals surface area contributed by atoms with Crippen LogP contribution in [0.15, 0.2) is 198 Å². The van der Waals surface area contributed by atoms with Gasteiger partial charge in [-0.25, -0.2) is 15.0 Å². The van der Waals surface area contributed by atoms with E-state index in [1.807, 2.05) is 60.7 Å². The highest BCUT2D eigenvalue weighted by atomic mass is 16.3. The predicted molar refractivity (Wildman–Crippen MR) is 229 cm³/mol. The molecule has 0 radical (unpaired) electrons. The third-order valence-corrected chi connectivity index (χ3v) is 9.34. The molecule has 11 aromatic rings. The Balaban J connectivity index is 1.28. The van der Waals surface area contributed by atoms with Crippen LogP contribution in [-0.4, -0.2) is 19.5 Å². The maximum atomic E-state index is 9.63. The van der Waals surface area contributed by atoms with Gasteiger partial charge in [0.1, 0.15) is 11.2 Å². The summed E-state index contributed by atoms with van der Waals surface area (Å²) in [5, 5.41) is -1.30. The van der Waals surface area contributed by atoms with Crippen LogP contribution >= 0.6 is 0 Å². The normalized spacial score (nSPS) is 16.3. The van der Waals surface area contributed by atoms with Crippen molar-refractivity contribution < 1.29 is 30.5 Å². The standard InChI is InChI=1S/C51H32N4O/c1-3-13-33(14-4-1)34-25-27-35(28-26-34)36-15-11-16-37(31-36)49-52-50(38-29-30-47-43(32-38)40-19-8-10-24-46(40)56-47)54-51(53-49)42-21-12-23-45-48(42)41-20-7-9-22-44(41)55(45)39-17-5-2-6-18-39/h1-32H/i2D,5D,6D,7D,8D,9D,10D,12D,17D,18D,19D,20D,21D,22D,23D,24D,29D,30D,32D. The van der Waals surface area contributed by atoms with Crippen LogP contribution < -0.4 is 0 Å². The molecule has 0 fully saturated rings. The molecule has 0 atom stereocenters. The fourth-order valence-corrected chi connectivity index (χ4v) is 6.79. The smallest absolute Gasteiger partial charge is 0.164 e. The lowest BCUT2D eigenvalue weighted by atomic mass is 9.99. The van der Waals surface area contributed by atoms with Gasteiger partial charge in [0.15, 0.2) is 17.5 Å². The topological polar surface area (TPSA) is 56.7 Å². The van der Waals surface area contributed by atoms with Gasteiger partial charge in [-0.15, -0.1) is 0 Å². The van der Waals surface area contributed by atoms with Crippen LogP contribution in [0.4, 0.5) is 0 Å². The highest BCUT2D eigenvalue weighted by Gasteiger charge is 2.20. The highest BCUT2D eigenvalue weighted by Crippen LogP contribution is 2.39. The lowest BCUT2D eigenvalue weighted by molar-refractivity contribution is 0.669. The summed E-state index contributed by atoms with van der Waals surface area (Å²) in [5.41, 5.74) is 0.382. The summed E-state index contributed by atoms with van der Waals surface area (Å²) in [6.45, 7) is 0. The molecule has 0 saturated carbocycles. The van der Waals surface area contributed by atoms with Crippen molar-refractivity contribution >= 4 is 43.7 Å². The Morgan fingerprint density at radius 2 is 1.05 bits per heavy atom. The summed E-state index contributed by atoms with van der Waals surface area (Å²) in [4.78, 5) is 14.3. The molecule has 0 unspecified atom stereocenters. The summed E-state index contributed by atoms with van der Waals surface area (Å²) < 4.78 is 176. The average Bonchev–Trinajstić information content (AvgIpc) is 3.99. The van der Waals surface area contributed by atoms with Gasteiger partial charge in [-0.3, -0.25) is 0 Å². The van der Waals surface area contributed by atoms with E-state index in [4.69, 9.17) is 35.8 Å². The summed E-state index contributed by atoms with van der Waals surface area (Å²) in [7, 11) is 0. The molecule has 8 aromatic carbocycles. The first-order valence-electron chi connectivity index (χ1n) is 26.7. The molecule has 0 aliphatic rings. The second kappa shape index (κ2) is 13.0.